The summed E-state index contributed by atoms with van der Waals surface area (Å²) in [5.41, 5.74) is 3.58. The number of benzene rings is 2. The summed E-state index contributed by atoms with van der Waals surface area (Å²) in [6.07, 6.45) is -4.54. The second-order valence-corrected chi connectivity index (χ2v) is 11.7. The first-order valence-electron chi connectivity index (χ1n) is 13.8. The van der Waals surface area contributed by atoms with Crippen molar-refractivity contribution < 1.29 is 37.7 Å². The minimum atomic E-state index is -4.77. The van der Waals surface area contributed by atoms with Crippen LogP contribution in [0.5, 0.6) is 5.75 Å². The van der Waals surface area contributed by atoms with Gasteiger partial charge in [-0.3, -0.25) is 9.48 Å². The van der Waals surface area contributed by atoms with Gasteiger partial charge in [0.2, 0.25) is 0 Å². The zero-order chi connectivity index (χ0) is 31.2. The molecular weight excluding hydrogens is 551 g/mol. The number of halogens is 3. The van der Waals surface area contributed by atoms with E-state index in [1.54, 1.807) is 36.4 Å². The van der Waals surface area contributed by atoms with Gasteiger partial charge < -0.3 is 20.3 Å². The lowest BCUT2D eigenvalue weighted by Crippen LogP contribution is -2.36. The van der Waals surface area contributed by atoms with E-state index in [4.69, 9.17) is 10.2 Å². The Balaban J connectivity index is 1.83. The number of nitrogens with one attached hydrogen (secondary N) is 1. The average Bonchev–Trinajstić information content (AvgIpc) is 3.33. The van der Waals surface area contributed by atoms with Gasteiger partial charge in [-0.1, -0.05) is 46.8 Å². The van der Waals surface area contributed by atoms with Crippen molar-refractivity contribution in [2.24, 2.45) is 11.3 Å². The summed E-state index contributed by atoms with van der Waals surface area (Å²) in [5.74, 6) is -1.60. The van der Waals surface area contributed by atoms with Crippen molar-refractivity contribution in [1.29, 1.82) is 0 Å². The van der Waals surface area contributed by atoms with Crippen molar-refractivity contribution in [1.82, 2.24) is 15.1 Å². The number of aliphatic hydroxyl groups is 1. The molecular formula is C31H38F3N3O5. The molecule has 3 atom stereocenters. The molecule has 42 heavy (non-hydrogen) atoms. The second-order valence-electron chi connectivity index (χ2n) is 11.7. The minimum Gasteiger partial charge on any atom is -0.479 e. The third-order valence-corrected chi connectivity index (χ3v) is 7.50. The molecule has 3 rings (SSSR count). The fraction of sp³-hybridized carbons (Fsp3) is 0.452. The number of nitrogens with zero attached hydrogens (tertiary/aromatic N) is 2. The Morgan fingerprint density at radius 2 is 1.62 bits per heavy atom. The largest absolute Gasteiger partial charge is 0.573 e. The molecule has 1 aromatic heterocycles. The van der Waals surface area contributed by atoms with Crippen LogP contribution >= 0.6 is 0 Å². The van der Waals surface area contributed by atoms with Gasteiger partial charge in [-0.05, 0) is 78.1 Å². The van der Waals surface area contributed by atoms with Crippen LogP contribution in [0.25, 0.3) is 11.3 Å². The van der Waals surface area contributed by atoms with Crippen LogP contribution in [0.15, 0.2) is 54.6 Å². The van der Waals surface area contributed by atoms with Gasteiger partial charge in [0.1, 0.15) is 5.75 Å². The quantitative estimate of drug-likeness (QED) is 0.231. The number of carbonyl (C=O) groups excluding carboxylic acids is 1. The molecule has 3 aromatic rings. The van der Waals surface area contributed by atoms with Gasteiger partial charge in [0, 0.05) is 16.8 Å². The number of carbonyl (C=O) groups is 2. The molecule has 1 heterocycles. The Labute approximate surface area is 243 Å². The van der Waals surface area contributed by atoms with Gasteiger partial charge >= 0.3 is 12.3 Å². The number of hydrogen-bond acceptors (Lipinski definition) is 5. The molecule has 8 nitrogen and oxygen atoms in total. The summed E-state index contributed by atoms with van der Waals surface area (Å²) in [7, 11) is 0. The minimum absolute atomic E-state index is 0.148. The van der Waals surface area contributed by atoms with Gasteiger partial charge in [0.05, 0.1) is 18.8 Å². The number of amides is 1. The summed E-state index contributed by atoms with van der Waals surface area (Å²) in [6.45, 7) is 11.0. The maximum atomic E-state index is 12.6. The van der Waals surface area contributed by atoms with E-state index in [0.29, 0.717) is 29.3 Å². The van der Waals surface area contributed by atoms with E-state index >= 15 is 0 Å². The van der Waals surface area contributed by atoms with Gasteiger partial charge in [-0.25, -0.2) is 4.79 Å². The Bertz CT molecular complexity index is 1350. The summed E-state index contributed by atoms with van der Waals surface area (Å²) in [4.78, 5) is 23.1. The van der Waals surface area contributed by atoms with Gasteiger partial charge in [0.25, 0.3) is 5.91 Å². The van der Waals surface area contributed by atoms with Crippen LogP contribution in [0.3, 0.4) is 0 Å². The van der Waals surface area contributed by atoms with Gasteiger partial charge in [0.15, 0.2) is 6.10 Å². The van der Waals surface area contributed by atoms with Crippen molar-refractivity contribution in [3.05, 3.63) is 71.4 Å². The van der Waals surface area contributed by atoms with E-state index in [9.17, 15) is 27.9 Å². The zero-order valence-corrected chi connectivity index (χ0v) is 24.4. The Hall–Kier alpha value is -3.86. The number of alkyl halides is 3. The molecule has 0 radical (unpaired) electrons. The Morgan fingerprint density at radius 1 is 1.00 bits per heavy atom. The molecule has 0 spiro atoms. The van der Waals surface area contributed by atoms with E-state index in [-0.39, 0.29) is 17.1 Å². The molecule has 0 saturated carbocycles. The lowest BCUT2D eigenvalue weighted by Gasteiger charge is -2.28. The topological polar surface area (TPSA) is 114 Å². The van der Waals surface area contributed by atoms with Crippen molar-refractivity contribution >= 4 is 11.9 Å². The number of rotatable bonds is 12. The molecule has 11 heteroatoms. The number of aromatic nitrogens is 2. The number of aliphatic carboxylic acids is 1. The van der Waals surface area contributed by atoms with Crippen molar-refractivity contribution in [2.45, 2.75) is 72.4 Å². The highest BCUT2D eigenvalue weighted by atomic mass is 19.4. The molecule has 0 fully saturated rings. The van der Waals surface area contributed by atoms with Crippen LogP contribution in [0.2, 0.25) is 0 Å². The van der Waals surface area contributed by atoms with Crippen molar-refractivity contribution in [2.75, 3.05) is 6.54 Å². The van der Waals surface area contributed by atoms with Crippen LogP contribution in [0.1, 0.15) is 75.0 Å². The molecule has 0 saturated heterocycles. The SMILES string of the molecule is CC(CCC(C)C(C)(C)C)c1cc(-c2ccc(OC(F)(F)F)cc2)nn1Cc1ccc(C(=O)NCC(O)C(=O)O)cc1. The normalized spacial score (nSPS) is 14.2. The number of carboxylic acids is 1. The summed E-state index contributed by atoms with van der Waals surface area (Å²) in [5, 5.41) is 25.3. The fourth-order valence-corrected chi connectivity index (χ4v) is 4.32. The number of ether oxygens (including phenoxy) is 1. The maximum absolute atomic E-state index is 12.6. The summed E-state index contributed by atoms with van der Waals surface area (Å²) >= 11 is 0. The highest BCUT2D eigenvalue weighted by molar-refractivity contribution is 5.94. The predicted molar refractivity (Wildman–Crippen MR) is 152 cm³/mol. The third kappa shape index (κ3) is 9.34. The molecule has 2 aromatic carbocycles. The Kier molecular flexibility index (Phi) is 10.4. The Morgan fingerprint density at radius 3 is 2.17 bits per heavy atom. The molecule has 0 bridgehead atoms. The first-order chi connectivity index (χ1) is 19.5. The average molecular weight is 590 g/mol. The lowest BCUT2D eigenvalue weighted by atomic mass is 9.78. The highest BCUT2D eigenvalue weighted by Crippen LogP contribution is 2.34. The summed E-state index contributed by atoms with van der Waals surface area (Å²) in [6, 6.07) is 14.3. The molecule has 1 amide bonds. The molecule has 0 aliphatic heterocycles. The predicted octanol–water partition coefficient (Wildman–Crippen LogP) is 6.24. The first-order valence-corrected chi connectivity index (χ1v) is 13.8. The van der Waals surface area contributed by atoms with E-state index in [1.807, 2.05) is 10.7 Å². The highest BCUT2D eigenvalue weighted by Gasteiger charge is 2.31. The van der Waals surface area contributed by atoms with Crippen LogP contribution < -0.4 is 10.1 Å². The zero-order valence-electron chi connectivity index (χ0n) is 24.4. The summed E-state index contributed by atoms with van der Waals surface area (Å²) < 4.78 is 43.7. The molecule has 0 aliphatic carbocycles. The van der Waals surface area contributed by atoms with Crippen LogP contribution in [0, 0.1) is 11.3 Å². The molecule has 0 aliphatic rings. The van der Waals surface area contributed by atoms with Gasteiger partial charge in [-0.2, -0.15) is 5.10 Å². The molecule has 3 N–H and O–H groups in total. The molecule has 228 valence electrons. The van der Waals surface area contributed by atoms with Crippen molar-refractivity contribution in [3.63, 3.8) is 0 Å². The standard InChI is InChI=1S/C31H38F3N3O5/c1-19(6-7-20(2)30(3,4)5)26-16-25(22-12-14-24(15-13-22)42-31(32,33)34)36-37(26)18-21-8-10-23(11-9-21)28(39)35-17-27(38)29(40)41/h8-16,19-20,27,38H,6-7,17-18H2,1-5H3,(H,35,39)(H,40,41). The van der Waals surface area contributed by atoms with Gasteiger partial charge in [-0.15, -0.1) is 13.2 Å². The third-order valence-electron chi connectivity index (χ3n) is 7.50. The van der Waals surface area contributed by atoms with Crippen molar-refractivity contribution in [3.8, 4) is 17.0 Å². The van der Waals surface area contributed by atoms with Crippen LogP contribution in [-0.2, 0) is 11.3 Å². The van der Waals surface area contributed by atoms with E-state index < -0.39 is 30.9 Å². The number of aliphatic hydroxyl groups excluding tert-OH is 1. The monoisotopic (exact) mass is 589 g/mol. The van der Waals surface area contributed by atoms with E-state index in [1.165, 1.54) is 12.1 Å². The number of carboxylic acid groups (broad SMARTS) is 1. The van der Waals surface area contributed by atoms with E-state index in [0.717, 1.165) is 24.1 Å². The molecule has 3 unspecified atom stereocenters. The second kappa shape index (κ2) is 13.4. The number of hydrogen-bond donors (Lipinski definition) is 3. The van der Waals surface area contributed by atoms with Crippen LogP contribution in [-0.4, -0.2) is 50.9 Å². The van der Waals surface area contributed by atoms with Crippen LogP contribution in [0.4, 0.5) is 13.2 Å². The fourth-order valence-electron chi connectivity index (χ4n) is 4.32. The lowest BCUT2D eigenvalue weighted by molar-refractivity contribution is -0.274. The maximum Gasteiger partial charge on any atom is 0.573 e. The first kappa shape index (κ1) is 32.7. The smallest absolute Gasteiger partial charge is 0.479 e. The van der Waals surface area contributed by atoms with E-state index in [2.05, 4.69) is 44.7 Å².